The lowest BCUT2D eigenvalue weighted by atomic mass is 10.1. The van der Waals surface area contributed by atoms with Crippen LogP contribution < -0.4 is 0 Å². The lowest BCUT2D eigenvalue weighted by Gasteiger charge is -2.22. The fraction of sp³-hybridized carbons (Fsp3) is 0.438. The second-order valence-corrected chi connectivity index (χ2v) is 4.48. The third-order valence-electron chi connectivity index (χ3n) is 3.04. The van der Waals surface area contributed by atoms with Crippen molar-refractivity contribution in [1.82, 2.24) is 4.90 Å². The highest BCUT2D eigenvalue weighted by atomic mass is 15.1. The summed E-state index contributed by atoms with van der Waals surface area (Å²) in [7, 11) is 2.10. The molecule has 1 aromatic carbocycles. The predicted molar refractivity (Wildman–Crippen MR) is 81.5 cm³/mol. The minimum Gasteiger partial charge on any atom is -0.375 e. The summed E-state index contributed by atoms with van der Waals surface area (Å²) in [6.07, 6.45) is 5.55. The number of nitrogens with zero attached hydrogens (tertiary/aromatic N) is 2. The molecule has 0 amide bonds. The smallest absolute Gasteiger partial charge is 0.0718 e. The summed E-state index contributed by atoms with van der Waals surface area (Å²) in [6, 6.07) is 8.16. The molecule has 0 aromatic heterocycles. The van der Waals surface area contributed by atoms with E-state index < -0.39 is 0 Å². The van der Waals surface area contributed by atoms with E-state index in [-0.39, 0.29) is 0 Å². The largest absolute Gasteiger partial charge is 0.375 e. The maximum absolute atomic E-state index is 4.39. The van der Waals surface area contributed by atoms with Crippen LogP contribution in [0.1, 0.15) is 38.7 Å². The molecule has 0 atom stereocenters. The molecule has 0 fully saturated rings. The summed E-state index contributed by atoms with van der Waals surface area (Å²) in [5, 5.41) is 0. The van der Waals surface area contributed by atoms with Crippen LogP contribution in [0.5, 0.6) is 0 Å². The highest BCUT2D eigenvalue weighted by molar-refractivity contribution is 5.75. The van der Waals surface area contributed by atoms with Gasteiger partial charge in [0.25, 0.3) is 0 Å². The Bertz CT molecular complexity index is 407. The van der Waals surface area contributed by atoms with Gasteiger partial charge < -0.3 is 4.90 Å². The Labute approximate surface area is 111 Å². The minimum atomic E-state index is 0.993. The van der Waals surface area contributed by atoms with E-state index in [0.29, 0.717) is 0 Å². The van der Waals surface area contributed by atoms with Crippen molar-refractivity contribution in [2.24, 2.45) is 4.99 Å². The number of unbranched alkanes of at least 4 members (excludes halogenated alkanes) is 2. The van der Waals surface area contributed by atoms with Gasteiger partial charge in [0.2, 0.25) is 0 Å². The molecule has 0 N–H and O–H groups in total. The third kappa shape index (κ3) is 4.02. The summed E-state index contributed by atoms with van der Waals surface area (Å²) < 4.78 is 0. The van der Waals surface area contributed by atoms with Crippen LogP contribution in [0.2, 0.25) is 0 Å². The molecule has 1 rings (SSSR count). The molecule has 0 aliphatic rings. The van der Waals surface area contributed by atoms with Crippen LogP contribution in [-0.2, 0) is 0 Å². The van der Waals surface area contributed by atoms with Gasteiger partial charge in [0.15, 0.2) is 0 Å². The van der Waals surface area contributed by atoms with Crippen molar-refractivity contribution in [3.63, 3.8) is 0 Å². The molecule has 0 saturated carbocycles. The predicted octanol–water partition coefficient (Wildman–Crippen LogP) is 4.50. The standard InChI is InChI=1S/C16H24N2/c1-5-7-10-13-18(4)14(3)15-11-8-9-12-16(15)17-6-2/h6,8-9,11-12H,3,5,7,10,13H2,1-2,4H3. The van der Waals surface area contributed by atoms with Gasteiger partial charge >= 0.3 is 0 Å². The first kappa shape index (κ1) is 14.5. The Morgan fingerprint density at radius 2 is 2.06 bits per heavy atom. The molecular weight excluding hydrogens is 220 g/mol. The van der Waals surface area contributed by atoms with E-state index in [1.54, 1.807) is 0 Å². The molecule has 0 aliphatic heterocycles. The number of benzene rings is 1. The van der Waals surface area contributed by atoms with Crippen molar-refractivity contribution >= 4 is 17.6 Å². The van der Waals surface area contributed by atoms with Crippen LogP contribution in [0.15, 0.2) is 35.8 Å². The second-order valence-electron chi connectivity index (χ2n) is 4.48. The van der Waals surface area contributed by atoms with E-state index >= 15 is 0 Å². The molecule has 1 aromatic rings. The molecule has 0 heterocycles. The summed E-state index contributed by atoms with van der Waals surface area (Å²) in [6.45, 7) is 9.41. The maximum Gasteiger partial charge on any atom is 0.0718 e. The monoisotopic (exact) mass is 244 g/mol. The Morgan fingerprint density at radius 3 is 2.72 bits per heavy atom. The first-order chi connectivity index (χ1) is 8.70. The van der Waals surface area contributed by atoms with Crippen LogP contribution in [0.4, 0.5) is 5.69 Å². The number of rotatable bonds is 7. The fourth-order valence-corrected chi connectivity index (χ4v) is 1.91. The Balaban J connectivity index is 2.76. The summed E-state index contributed by atoms with van der Waals surface area (Å²) in [4.78, 5) is 6.62. The van der Waals surface area contributed by atoms with Gasteiger partial charge in [-0.3, -0.25) is 4.99 Å². The van der Waals surface area contributed by atoms with Crippen LogP contribution >= 0.6 is 0 Å². The highest BCUT2D eigenvalue weighted by Gasteiger charge is 2.08. The van der Waals surface area contributed by atoms with E-state index in [2.05, 4.69) is 36.5 Å². The number of hydrogen-bond donors (Lipinski definition) is 0. The fourth-order valence-electron chi connectivity index (χ4n) is 1.91. The van der Waals surface area contributed by atoms with Crippen molar-refractivity contribution in [3.05, 3.63) is 36.4 Å². The van der Waals surface area contributed by atoms with E-state index in [1.165, 1.54) is 19.3 Å². The number of para-hydroxylation sites is 1. The quantitative estimate of drug-likeness (QED) is 0.509. The first-order valence-electron chi connectivity index (χ1n) is 6.68. The van der Waals surface area contributed by atoms with Gasteiger partial charge in [-0.05, 0) is 19.4 Å². The average molecular weight is 244 g/mol. The van der Waals surface area contributed by atoms with Gasteiger partial charge in [0, 0.05) is 31.1 Å². The van der Waals surface area contributed by atoms with Crippen molar-refractivity contribution in [3.8, 4) is 0 Å². The molecule has 2 nitrogen and oxygen atoms in total. The zero-order valence-electron chi connectivity index (χ0n) is 11.8. The SMILES string of the molecule is C=C(c1ccccc1N=CC)N(C)CCCCC. The third-order valence-corrected chi connectivity index (χ3v) is 3.04. The van der Waals surface area contributed by atoms with Crippen LogP contribution in [0.25, 0.3) is 5.70 Å². The number of hydrogen-bond acceptors (Lipinski definition) is 2. The van der Waals surface area contributed by atoms with Gasteiger partial charge in [-0.2, -0.15) is 0 Å². The molecule has 18 heavy (non-hydrogen) atoms. The summed E-state index contributed by atoms with van der Waals surface area (Å²) >= 11 is 0. The Kier molecular flexibility index (Phi) is 6.20. The van der Waals surface area contributed by atoms with E-state index in [1.807, 2.05) is 31.3 Å². The molecule has 0 radical (unpaired) electrons. The van der Waals surface area contributed by atoms with Gasteiger partial charge in [-0.15, -0.1) is 0 Å². The molecular formula is C16H24N2. The van der Waals surface area contributed by atoms with Gasteiger partial charge in [-0.1, -0.05) is 44.5 Å². The normalized spacial score (nSPS) is 10.8. The molecule has 2 heteroatoms. The van der Waals surface area contributed by atoms with Crippen molar-refractivity contribution in [2.45, 2.75) is 33.1 Å². The maximum atomic E-state index is 4.39. The van der Waals surface area contributed by atoms with E-state index in [4.69, 9.17) is 0 Å². The Hall–Kier alpha value is -1.57. The van der Waals surface area contributed by atoms with Crippen LogP contribution in [0, 0.1) is 0 Å². The van der Waals surface area contributed by atoms with Crippen molar-refractivity contribution in [1.29, 1.82) is 0 Å². The lowest BCUT2D eigenvalue weighted by Crippen LogP contribution is -2.17. The molecule has 0 bridgehead atoms. The van der Waals surface area contributed by atoms with Gasteiger partial charge in [0.1, 0.15) is 0 Å². The van der Waals surface area contributed by atoms with Crippen molar-refractivity contribution in [2.75, 3.05) is 13.6 Å². The average Bonchev–Trinajstić information content (AvgIpc) is 2.39. The minimum absolute atomic E-state index is 0.993. The number of aliphatic imine (C=N–C) groups is 1. The second kappa shape index (κ2) is 7.70. The molecule has 0 unspecified atom stereocenters. The summed E-state index contributed by atoms with van der Waals surface area (Å²) in [5.74, 6) is 0. The van der Waals surface area contributed by atoms with Crippen LogP contribution in [-0.4, -0.2) is 24.7 Å². The first-order valence-corrected chi connectivity index (χ1v) is 6.68. The zero-order chi connectivity index (χ0) is 13.4. The lowest BCUT2D eigenvalue weighted by molar-refractivity contribution is 0.456. The van der Waals surface area contributed by atoms with E-state index in [0.717, 1.165) is 23.5 Å². The Morgan fingerprint density at radius 1 is 1.33 bits per heavy atom. The molecule has 0 saturated heterocycles. The highest BCUT2D eigenvalue weighted by Crippen LogP contribution is 2.26. The van der Waals surface area contributed by atoms with Gasteiger partial charge in [-0.25, -0.2) is 0 Å². The molecule has 0 spiro atoms. The topological polar surface area (TPSA) is 15.6 Å². The van der Waals surface area contributed by atoms with Gasteiger partial charge in [0.05, 0.1) is 5.69 Å². The van der Waals surface area contributed by atoms with Crippen LogP contribution in [0.3, 0.4) is 0 Å². The molecule has 0 aliphatic carbocycles. The summed E-state index contributed by atoms with van der Waals surface area (Å²) in [5.41, 5.74) is 3.16. The van der Waals surface area contributed by atoms with Crippen molar-refractivity contribution < 1.29 is 0 Å². The molecule has 98 valence electrons. The van der Waals surface area contributed by atoms with E-state index in [9.17, 15) is 0 Å². The zero-order valence-corrected chi connectivity index (χ0v) is 11.8.